The number of rotatable bonds is 4. The molecule has 1 N–H and O–H groups in total. The van der Waals surface area contributed by atoms with Gasteiger partial charge in [0, 0.05) is 19.1 Å². The van der Waals surface area contributed by atoms with E-state index in [1.54, 1.807) is 6.07 Å². The first kappa shape index (κ1) is 12.4. The van der Waals surface area contributed by atoms with Crippen LogP contribution < -0.4 is 10.2 Å². The number of anilines is 1. The Hall–Kier alpha value is -1.09. The number of hydrogen-bond acceptors (Lipinski definition) is 2. The summed E-state index contributed by atoms with van der Waals surface area (Å²) in [5.41, 5.74) is 0.750. The zero-order valence-electron chi connectivity index (χ0n) is 10.6. The van der Waals surface area contributed by atoms with Crippen LogP contribution in [0.15, 0.2) is 24.3 Å². The summed E-state index contributed by atoms with van der Waals surface area (Å²) in [6, 6.07) is 7.57. The van der Waals surface area contributed by atoms with Gasteiger partial charge < -0.3 is 10.2 Å². The van der Waals surface area contributed by atoms with Gasteiger partial charge in [0.2, 0.25) is 0 Å². The summed E-state index contributed by atoms with van der Waals surface area (Å²) >= 11 is 0. The second-order valence-electron chi connectivity index (χ2n) is 5.12. The predicted molar refractivity (Wildman–Crippen MR) is 69.9 cm³/mol. The number of para-hydroxylation sites is 1. The van der Waals surface area contributed by atoms with E-state index in [1.807, 2.05) is 12.1 Å². The van der Waals surface area contributed by atoms with Gasteiger partial charge in [0.1, 0.15) is 5.82 Å². The monoisotopic (exact) mass is 236 g/mol. The van der Waals surface area contributed by atoms with Crippen LogP contribution in [0.3, 0.4) is 0 Å². The fourth-order valence-electron chi connectivity index (χ4n) is 2.33. The lowest BCUT2D eigenvalue weighted by atomic mass is 10.1. The molecule has 0 aliphatic carbocycles. The van der Waals surface area contributed by atoms with Crippen molar-refractivity contribution in [2.24, 2.45) is 5.92 Å². The molecule has 1 fully saturated rings. The molecular formula is C14H21FN2. The van der Waals surface area contributed by atoms with E-state index in [0.29, 0.717) is 12.0 Å². The van der Waals surface area contributed by atoms with Crippen LogP contribution in [0.25, 0.3) is 0 Å². The number of nitrogens with zero attached hydrogens (tertiary/aromatic N) is 1. The van der Waals surface area contributed by atoms with Crippen molar-refractivity contribution in [3.63, 3.8) is 0 Å². The predicted octanol–water partition coefficient (Wildman–Crippen LogP) is 2.65. The Bertz CT molecular complexity index is 365. The van der Waals surface area contributed by atoms with Crippen molar-refractivity contribution in [1.29, 1.82) is 0 Å². The molecule has 0 bridgehead atoms. The molecule has 1 heterocycles. The molecule has 17 heavy (non-hydrogen) atoms. The van der Waals surface area contributed by atoms with Crippen molar-refractivity contribution < 1.29 is 4.39 Å². The molecule has 1 saturated heterocycles. The molecule has 1 aliphatic heterocycles. The molecule has 0 amide bonds. The molecule has 0 spiro atoms. The Morgan fingerprint density at radius 2 is 2.18 bits per heavy atom. The van der Waals surface area contributed by atoms with Crippen molar-refractivity contribution in [1.82, 2.24) is 5.32 Å². The van der Waals surface area contributed by atoms with E-state index < -0.39 is 0 Å². The largest absolute Gasteiger partial charge is 0.369 e. The van der Waals surface area contributed by atoms with Crippen LogP contribution in [0.5, 0.6) is 0 Å². The number of halogens is 1. The van der Waals surface area contributed by atoms with E-state index in [1.165, 1.54) is 6.07 Å². The topological polar surface area (TPSA) is 15.3 Å². The summed E-state index contributed by atoms with van der Waals surface area (Å²) in [6.07, 6.45) is 1.15. The van der Waals surface area contributed by atoms with Gasteiger partial charge in [-0.1, -0.05) is 26.0 Å². The lowest BCUT2D eigenvalue weighted by Crippen LogP contribution is -2.30. The molecule has 94 valence electrons. The molecule has 0 radical (unpaired) electrons. The lowest BCUT2D eigenvalue weighted by Gasteiger charge is -2.19. The summed E-state index contributed by atoms with van der Waals surface area (Å²) in [5.74, 6) is 0.530. The highest BCUT2D eigenvalue weighted by Crippen LogP contribution is 2.25. The maximum Gasteiger partial charge on any atom is 0.146 e. The van der Waals surface area contributed by atoms with Crippen LogP contribution in [-0.4, -0.2) is 25.7 Å². The fraction of sp³-hybridized carbons (Fsp3) is 0.571. The van der Waals surface area contributed by atoms with Gasteiger partial charge >= 0.3 is 0 Å². The highest BCUT2D eigenvalue weighted by atomic mass is 19.1. The quantitative estimate of drug-likeness (QED) is 0.864. The van der Waals surface area contributed by atoms with E-state index in [4.69, 9.17) is 0 Å². The van der Waals surface area contributed by atoms with Gasteiger partial charge in [0.05, 0.1) is 5.69 Å². The summed E-state index contributed by atoms with van der Waals surface area (Å²) in [6.45, 7) is 7.27. The zero-order valence-corrected chi connectivity index (χ0v) is 10.6. The maximum atomic E-state index is 13.6. The normalized spacial score (nSPS) is 20.2. The van der Waals surface area contributed by atoms with Gasteiger partial charge in [-0.15, -0.1) is 0 Å². The van der Waals surface area contributed by atoms with Crippen LogP contribution >= 0.6 is 0 Å². The van der Waals surface area contributed by atoms with E-state index in [9.17, 15) is 4.39 Å². The van der Waals surface area contributed by atoms with Crippen molar-refractivity contribution in [3.05, 3.63) is 30.1 Å². The first-order valence-corrected chi connectivity index (χ1v) is 6.39. The highest BCUT2D eigenvalue weighted by Gasteiger charge is 2.23. The Morgan fingerprint density at radius 3 is 2.88 bits per heavy atom. The fourth-order valence-corrected chi connectivity index (χ4v) is 2.33. The van der Waals surface area contributed by atoms with Gasteiger partial charge in [0.15, 0.2) is 0 Å². The van der Waals surface area contributed by atoms with Crippen molar-refractivity contribution >= 4 is 5.69 Å². The first-order valence-electron chi connectivity index (χ1n) is 6.39. The van der Waals surface area contributed by atoms with Gasteiger partial charge in [-0.25, -0.2) is 4.39 Å². The standard InChI is InChI=1S/C14H21FN2/c1-11(2)16-9-12-7-8-17(10-12)14-6-4-3-5-13(14)15/h3-6,11-12,16H,7-10H2,1-2H3. The third-order valence-electron chi connectivity index (χ3n) is 3.29. The van der Waals surface area contributed by atoms with E-state index >= 15 is 0 Å². The second-order valence-corrected chi connectivity index (χ2v) is 5.12. The minimum atomic E-state index is -0.107. The minimum absolute atomic E-state index is 0.107. The molecule has 2 nitrogen and oxygen atoms in total. The smallest absolute Gasteiger partial charge is 0.146 e. The Kier molecular flexibility index (Phi) is 4.00. The Labute approximate surface area is 103 Å². The van der Waals surface area contributed by atoms with Crippen LogP contribution in [0.2, 0.25) is 0 Å². The third-order valence-corrected chi connectivity index (χ3v) is 3.29. The number of hydrogen-bond donors (Lipinski definition) is 1. The first-order chi connectivity index (χ1) is 8.16. The molecule has 2 rings (SSSR count). The van der Waals surface area contributed by atoms with Gasteiger partial charge in [-0.2, -0.15) is 0 Å². The molecule has 1 atom stereocenters. The molecule has 1 aromatic rings. The van der Waals surface area contributed by atoms with Crippen LogP contribution in [-0.2, 0) is 0 Å². The summed E-state index contributed by atoms with van der Waals surface area (Å²) in [4.78, 5) is 2.15. The average Bonchev–Trinajstić information content (AvgIpc) is 2.75. The Balaban J connectivity index is 1.92. The van der Waals surface area contributed by atoms with Crippen molar-refractivity contribution in [2.45, 2.75) is 26.3 Å². The molecule has 1 aliphatic rings. The van der Waals surface area contributed by atoms with Crippen molar-refractivity contribution in [2.75, 3.05) is 24.5 Å². The van der Waals surface area contributed by atoms with Gasteiger partial charge in [-0.05, 0) is 31.0 Å². The second kappa shape index (κ2) is 5.50. The number of nitrogens with one attached hydrogen (secondary N) is 1. The van der Waals surface area contributed by atoms with Crippen LogP contribution in [0.4, 0.5) is 10.1 Å². The van der Waals surface area contributed by atoms with Crippen molar-refractivity contribution in [3.8, 4) is 0 Å². The molecule has 1 aromatic carbocycles. The van der Waals surface area contributed by atoms with Crippen LogP contribution in [0, 0.1) is 11.7 Å². The average molecular weight is 236 g/mol. The summed E-state index contributed by atoms with van der Waals surface area (Å²) in [7, 11) is 0. The molecule has 0 aromatic heterocycles. The SMILES string of the molecule is CC(C)NCC1CCN(c2ccccc2F)C1. The summed E-state index contributed by atoms with van der Waals surface area (Å²) in [5, 5.41) is 3.45. The molecule has 0 saturated carbocycles. The van der Waals surface area contributed by atoms with E-state index in [0.717, 1.165) is 31.7 Å². The maximum absolute atomic E-state index is 13.6. The zero-order chi connectivity index (χ0) is 12.3. The lowest BCUT2D eigenvalue weighted by molar-refractivity contribution is 0.480. The van der Waals surface area contributed by atoms with E-state index in [2.05, 4.69) is 24.1 Å². The highest BCUT2D eigenvalue weighted by molar-refractivity contribution is 5.48. The van der Waals surface area contributed by atoms with Gasteiger partial charge in [0.25, 0.3) is 0 Å². The van der Waals surface area contributed by atoms with Crippen LogP contribution in [0.1, 0.15) is 20.3 Å². The Morgan fingerprint density at radius 1 is 1.41 bits per heavy atom. The molecule has 1 unspecified atom stereocenters. The molecule has 3 heteroatoms. The number of benzene rings is 1. The van der Waals surface area contributed by atoms with Gasteiger partial charge in [-0.3, -0.25) is 0 Å². The third kappa shape index (κ3) is 3.19. The minimum Gasteiger partial charge on any atom is -0.369 e. The van der Waals surface area contributed by atoms with E-state index in [-0.39, 0.29) is 5.82 Å². The summed E-state index contributed by atoms with van der Waals surface area (Å²) < 4.78 is 13.6. The molecular weight excluding hydrogens is 215 g/mol.